The lowest BCUT2D eigenvalue weighted by Gasteiger charge is -2.06. The van der Waals surface area contributed by atoms with Crippen molar-refractivity contribution in [2.45, 2.75) is 0 Å². The van der Waals surface area contributed by atoms with Gasteiger partial charge in [-0.05, 0) is 12.1 Å². The summed E-state index contributed by atoms with van der Waals surface area (Å²) < 4.78 is 22.7. The Kier molecular flexibility index (Phi) is 2.84. The van der Waals surface area contributed by atoms with Crippen LogP contribution in [0.5, 0.6) is 11.5 Å². The predicted molar refractivity (Wildman–Crippen MR) is 44.9 cm³/mol. The van der Waals surface area contributed by atoms with Crippen molar-refractivity contribution in [3.8, 4) is 11.5 Å². The molecule has 1 rings (SSSR count). The third-order valence-corrected chi connectivity index (χ3v) is 1.60. The van der Waals surface area contributed by atoms with E-state index in [4.69, 9.17) is 9.47 Å². The lowest BCUT2D eigenvalue weighted by molar-refractivity contribution is 0.112. The molecule has 13 heavy (non-hydrogen) atoms. The van der Waals surface area contributed by atoms with Gasteiger partial charge in [0.05, 0.1) is 14.2 Å². The Morgan fingerprint density at radius 2 is 1.69 bits per heavy atom. The summed E-state index contributed by atoms with van der Waals surface area (Å²) >= 11 is 0. The normalized spacial score (nSPS) is 9.46. The van der Waals surface area contributed by atoms with Crippen LogP contribution in [0.1, 0.15) is 10.4 Å². The topological polar surface area (TPSA) is 35.5 Å². The van der Waals surface area contributed by atoms with E-state index in [0.29, 0.717) is 11.8 Å². The lowest BCUT2D eigenvalue weighted by Crippen LogP contribution is -1.95. The molecule has 0 saturated carbocycles. The maximum Gasteiger partial charge on any atom is 0.206 e. The highest BCUT2D eigenvalue weighted by atomic mass is 19.1. The molecule has 0 heterocycles. The van der Waals surface area contributed by atoms with Crippen LogP contribution < -0.4 is 9.47 Å². The minimum absolute atomic E-state index is 0.00134. The molecular formula is C9H9FO3. The predicted octanol–water partition coefficient (Wildman–Crippen LogP) is 1.66. The summed E-state index contributed by atoms with van der Waals surface area (Å²) in [5.41, 5.74) is 0.315. The van der Waals surface area contributed by atoms with Crippen molar-refractivity contribution in [2.24, 2.45) is 0 Å². The fraction of sp³-hybridized carbons (Fsp3) is 0.222. The van der Waals surface area contributed by atoms with E-state index in [9.17, 15) is 9.18 Å². The number of methoxy groups -OCH3 is 2. The van der Waals surface area contributed by atoms with Crippen molar-refractivity contribution in [3.05, 3.63) is 23.5 Å². The van der Waals surface area contributed by atoms with Gasteiger partial charge in [-0.15, -0.1) is 0 Å². The van der Waals surface area contributed by atoms with E-state index in [1.54, 1.807) is 0 Å². The fourth-order valence-corrected chi connectivity index (χ4v) is 0.958. The summed E-state index contributed by atoms with van der Waals surface area (Å²) in [5, 5.41) is 0. The number of rotatable bonds is 3. The zero-order valence-corrected chi connectivity index (χ0v) is 7.33. The standard InChI is InChI=1S/C9H9FO3/c1-12-7-3-6(5-11)4-8(13-2)9(7)10/h3-5H,1-2H3. The van der Waals surface area contributed by atoms with Crippen LogP contribution in [-0.2, 0) is 0 Å². The molecule has 0 aliphatic heterocycles. The van der Waals surface area contributed by atoms with Gasteiger partial charge in [0.15, 0.2) is 11.5 Å². The van der Waals surface area contributed by atoms with Crippen molar-refractivity contribution < 1.29 is 18.7 Å². The molecule has 0 aliphatic rings. The molecule has 0 bridgehead atoms. The zero-order valence-electron chi connectivity index (χ0n) is 7.33. The zero-order chi connectivity index (χ0) is 9.84. The summed E-state index contributed by atoms with van der Waals surface area (Å²) in [6.07, 6.45) is 0.602. The molecule has 0 spiro atoms. The molecule has 0 aliphatic carbocycles. The number of hydrogen-bond acceptors (Lipinski definition) is 3. The molecule has 3 nitrogen and oxygen atoms in total. The lowest BCUT2D eigenvalue weighted by atomic mass is 10.2. The smallest absolute Gasteiger partial charge is 0.206 e. The molecular weight excluding hydrogens is 175 g/mol. The molecule has 0 amide bonds. The Morgan fingerprint density at radius 1 is 1.23 bits per heavy atom. The van der Waals surface area contributed by atoms with E-state index >= 15 is 0 Å². The number of halogens is 1. The van der Waals surface area contributed by atoms with Crippen molar-refractivity contribution in [1.82, 2.24) is 0 Å². The first kappa shape index (κ1) is 9.51. The first-order chi connectivity index (χ1) is 6.22. The van der Waals surface area contributed by atoms with Gasteiger partial charge >= 0.3 is 0 Å². The number of benzene rings is 1. The number of ether oxygens (including phenoxy) is 2. The van der Waals surface area contributed by atoms with E-state index in [1.165, 1.54) is 26.4 Å². The molecule has 0 unspecified atom stereocenters. The van der Waals surface area contributed by atoms with Crippen LogP contribution in [-0.4, -0.2) is 20.5 Å². The quantitative estimate of drug-likeness (QED) is 0.670. The number of hydrogen-bond donors (Lipinski definition) is 0. The van der Waals surface area contributed by atoms with Crippen LogP contribution in [0.4, 0.5) is 4.39 Å². The maximum absolute atomic E-state index is 13.2. The second-order valence-corrected chi connectivity index (χ2v) is 2.36. The highest BCUT2D eigenvalue weighted by Crippen LogP contribution is 2.27. The van der Waals surface area contributed by atoms with Crippen molar-refractivity contribution >= 4 is 6.29 Å². The molecule has 70 valence electrons. The number of carbonyl (C=O) groups excluding carboxylic acids is 1. The average Bonchev–Trinajstić information content (AvgIpc) is 2.18. The summed E-state index contributed by atoms with van der Waals surface area (Å²) in [6.45, 7) is 0. The van der Waals surface area contributed by atoms with E-state index in [-0.39, 0.29) is 11.5 Å². The van der Waals surface area contributed by atoms with Gasteiger partial charge in [0.25, 0.3) is 0 Å². The minimum Gasteiger partial charge on any atom is -0.494 e. The Labute approximate surface area is 75.1 Å². The van der Waals surface area contributed by atoms with Gasteiger partial charge < -0.3 is 9.47 Å². The second-order valence-electron chi connectivity index (χ2n) is 2.36. The first-order valence-electron chi connectivity index (χ1n) is 3.59. The van der Waals surface area contributed by atoms with Crippen LogP contribution in [0.3, 0.4) is 0 Å². The monoisotopic (exact) mass is 184 g/mol. The third kappa shape index (κ3) is 1.77. The van der Waals surface area contributed by atoms with Gasteiger partial charge in [-0.3, -0.25) is 4.79 Å². The van der Waals surface area contributed by atoms with E-state index < -0.39 is 5.82 Å². The SMILES string of the molecule is COc1cc(C=O)cc(OC)c1F. The molecule has 0 atom stereocenters. The van der Waals surface area contributed by atoms with E-state index in [0.717, 1.165) is 0 Å². The first-order valence-corrected chi connectivity index (χ1v) is 3.59. The Hall–Kier alpha value is -1.58. The van der Waals surface area contributed by atoms with Crippen LogP contribution >= 0.6 is 0 Å². The summed E-state index contributed by atoms with van der Waals surface area (Å²) in [7, 11) is 2.65. The van der Waals surface area contributed by atoms with Gasteiger partial charge in [0.2, 0.25) is 5.82 Å². The fourth-order valence-electron chi connectivity index (χ4n) is 0.958. The van der Waals surface area contributed by atoms with Gasteiger partial charge in [-0.1, -0.05) is 0 Å². The number of carbonyl (C=O) groups is 1. The number of aldehydes is 1. The van der Waals surface area contributed by atoms with Gasteiger partial charge in [-0.25, -0.2) is 0 Å². The Morgan fingerprint density at radius 3 is 2.00 bits per heavy atom. The van der Waals surface area contributed by atoms with Gasteiger partial charge in [0, 0.05) is 5.56 Å². The van der Waals surface area contributed by atoms with Gasteiger partial charge in [0.1, 0.15) is 6.29 Å². The highest BCUT2D eigenvalue weighted by Gasteiger charge is 2.11. The van der Waals surface area contributed by atoms with Crippen LogP contribution in [0.15, 0.2) is 12.1 Å². The molecule has 0 radical (unpaired) electrons. The molecule has 0 saturated heterocycles. The minimum atomic E-state index is -0.601. The van der Waals surface area contributed by atoms with Crippen molar-refractivity contribution in [2.75, 3.05) is 14.2 Å². The molecule has 4 heteroatoms. The van der Waals surface area contributed by atoms with Crippen molar-refractivity contribution in [3.63, 3.8) is 0 Å². The van der Waals surface area contributed by atoms with Crippen LogP contribution in [0.2, 0.25) is 0 Å². The van der Waals surface area contributed by atoms with E-state index in [2.05, 4.69) is 0 Å². The molecule has 0 fully saturated rings. The van der Waals surface area contributed by atoms with Crippen molar-refractivity contribution in [1.29, 1.82) is 0 Å². The largest absolute Gasteiger partial charge is 0.494 e. The Bertz CT molecular complexity index is 298. The van der Waals surface area contributed by atoms with Gasteiger partial charge in [-0.2, -0.15) is 4.39 Å². The highest BCUT2D eigenvalue weighted by molar-refractivity contribution is 5.76. The summed E-state index contributed by atoms with van der Waals surface area (Å²) in [5.74, 6) is -0.599. The molecule has 1 aromatic rings. The second kappa shape index (κ2) is 3.89. The van der Waals surface area contributed by atoms with E-state index in [1.807, 2.05) is 0 Å². The summed E-state index contributed by atoms with van der Waals surface area (Å²) in [6, 6.07) is 2.62. The third-order valence-electron chi connectivity index (χ3n) is 1.60. The van der Waals surface area contributed by atoms with Crippen LogP contribution in [0, 0.1) is 5.82 Å². The molecule has 0 N–H and O–H groups in total. The maximum atomic E-state index is 13.2. The molecule has 0 aromatic heterocycles. The molecule has 1 aromatic carbocycles. The summed E-state index contributed by atoms with van der Waals surface area (Å²) in [4.78, 5) is 10.4. The Balaban J connectivity index is 3.28. The van der Waals surface area contributed by atoms with Crippen LogP contribution in [0.25, 0.3) is 0 Å². The average molecular weight is 184 g/mol.